The fraction of sp³-hybridized carbons (Fsp3) is 0.200. The molecule has 1 aliphatic rings. The molecule has 0 bridgehead atoms. The molecule has 1 aliphatic heterocycles. The van der Waals surface area contributed by atoms with Gasteiger partial charge in [0.2, 0.25) is 0 Å². The van der Waals surface area contributed by atoms with Crippen molar-refractivity contribution in [3.05, 3.63) is 82.4 Å². The summed E-state index contributed by atoms with van der Waals surface area (Å²) in [5, 5.41) is 3.65. The van der Waals surface area contributed by atoms with E-state index in [0.29, 0.717) is 10.7 Å². The van der Waals surface area contributed by atoms with Gasteiger partial charge in [-0.1, -0.05) is 59.9 Å². The van der Waals surface area contributed by atoms with Crippen molar-refractivity contribution in [2.75, 3.05) is 11.9 Å². The highest BCUT2D eigenvalue weighted by Gasteiger charge is 2.24. The number of carbonyl (C=O) groups excluding carboxylic acids is 1. The Kier molecular flexibility index (Phi) is 4.59. The Bertz CT molecular complexity index is 861. The first-order valence-electron chi connectivity index (χ1n) is 8.50. The zero-order valence-corrected chi connectivity index (χ0v) is 14.7. The van der Waals surface area contributed by atoms with Crippen LogP contribution in [0.4, 0.5) is 5.13 Å². The first-order valence-corrected chi connectivity index (χ1v) is 9.32. The van der Waals surface area contributed by atoms with E-state index in [1.807, 2.05) is 30.3 Å². The van der Waals surface area contributed by atoms with E-state index in [2.05, 4.69) is 40.6 Å². The molecule has 25 heavy (non-hydrogen) atoms. The van der Waals surface area contributed by atoms with Crippen LogP contribution in [0.25, 0.3) is 0 Å². The molecule has 0 aliphatic carbocycles. The Morgan fingerprint density at radius 1 is 1.08 bits per heavy atom. The number of hydrogen-bond donors (Lipinski definition) is 2. The lowest BCUT2D eigenvalue weighted by Gasteiger charge is -2.22. The SMILES string of the molecule is O=C(Nc1nc2c(s1)C[NH+](Cc1ccccc1)CC2)c1ccccc1. The maximum Gasteiger partial charge on any atom is 0.257 e. The molecule has 2 aromatic carbocycles. The second-order valence-electron chi connectivity index (χ2n) is 6.30. The Morgan fingerprint density at radius 3 is 2.56 bits per heavy atom. The van der Waals surface area contributed by atoms with Crippen LogP contribution in [0.2, 0.25) is 0 Å². The number of fused-ring (bicyclic) bond motifs is 1. The van der Waals surface area contributed by atoms with Crippen molar-refractivity contribution in [3.8, 4) is 0 Å². The summed E-state index contributed by atoms with van der Waals surface area (Å²) in [6.45, 7) is 3.09. The molecule has 0 saturated carbocycles. The van der Waals surface area contributed by atoms with Crippen LogP contribution in [0, 0.1) is 0 Å². The number of carbonyl (C=O) groups is 1. The molecule has 4 nitrogen and oxygen atoms in total. The van der Waals surface area contributed by atoms with Crippen molar-refractivity contribution in [2.45, 2.75) is 19.5 Å². The summed E-state index contributed by atoms with van der Waals surface area (Å²) < 4.78 is 0. The molecular formula is C20H20N3OS+. The van der Waals surface area contributed by atoms with Crippen LogP contribution in [-0.2, 0) is 19.5 Å². The molecule has 2 heterocycles. The third kappa shape index (κ3) is 3.78. The summed E-state index contributed by atoms with van der Waals surface area (Å²) >= 11 is 1.61. The van der Waals surface area contributed by atoms with Gasteiger partial charge in [-0.3, -0.25) is 10.1 Å². The minimum Gasteiger partial charge on any atom is -0.326 e. The summed E-state index contributed by atoms with van der Waals surface area (Å²) in [4.78, 5) is 19.8. The number of aromatic nitrogens is 1. The number of amides is 1. The minimum atomic E-state index is -0.0971. The van der Waals surface area contributed by atoms with E-state index in [9.17, 15) is 4.79 Å². The molecule has 4 rings (SSSR count). The van der Waals surface area contributed by atoms with Gasteiger partial charge < -0.3 is 4.90 Å². The zero-order valence-electron chi connectivity index (χ0n) is 13.9. The average molecular weight is 350 g/mol. The maximum absolute atomic E-state index is 12.3. The fourth-order valence-corrected chi connectivity index (χ4v) is 4.25. The Hall–Kier alpha value is -2.50. The molecular weight excluding hydrogens is 330 g/mol. The van der Waals surface area contributed by atoms with Crippen LogP contribution >= 0.6 is 11.3 Å². The Balaban J connectivity index is 1.43. The molecule has 2 N–H and O–H groups in total. The van der Waals surface area contributed by atoms with Gasteiger partial charge in [-0.25, -0.2) is 4.98 Å². The second-order valence-corrected chi connectivity index (χ2v) is 7.38. The predicted molar refractivity (Wildman–Crippen MR) is 99.9 cm³/mol. The largest absolute Gasteiger partial charge is 0.326 e. The highest BCUT2D eigenvalue weighted by atomic mass is 32.1. The van der Waals surface area contributed by atoms with E-state index >= 15 is 0 Å². The molecule has 0 radical (unpaired) electrons. The van der Waals surface area contributed by atoms with E-state index < -0.39 is 0 Å². The highest BCUT2D eigenvalue weighted by molar-refractivity contribution is 7.15. The molecule has 126 valence electrons. The van der Waals surface area contributed by atoms with Gasteiger partial charge in [0.25, 0.3) is 5.91 Å². The molecule has 0 spiro atoms. The summed E-state index contributed by atoms with van der Waals surface area (Å²) in [6.07, 6.45) is 0.967. The zero-order chi connectivity index (χ0) is 17.1. The number of benzene rings is 2. The first kappa shape index (κ1) is 16.0. The van der Waals surface area contributed by atoms with E-state index in [0.717, 1.165) is 31.7 Å². The minimum absolute atomic E-state index is 0.0971. The summed E-state index contributed by atoms with van der Waals surface area (Å²) in [6, 6.07) is 19.9. The number of nitrogens with one attached hydrogen (secondary N) is 2. The number of nitrogens with zero attached hydrogens (tertiary/aromatic N) is 1. The summed E-state index contributed by atoms with van der Waals surface area (Å²) in [7, 11) is 0. The average Bonchev–Trinajstić information content (AvgIpc) is 3.05. The van der Waals surface area contributed by atoms with Gasteiger partial charge in [0.1, 0.15) is 13.1 Å². The smallest absolute Gasteiger partial charge is 0.257 e. The Morgan fingerprint density at radius 2 is 1.80 bits per heavy atom. The van der Waals surface area contributed by atoms with Gasteiger partial charge in [0.05, 0.1) is 17.1 Å². The molecule has 3 aromatic rings. The monoisotopic (exact) mass is 350 g/mol. The van der Waals surface area contributed by atoms with Gasteiger partial charge in [0, 0.05) is 17.5 Å². The number of thiazole rings is 1. The predicted octanol–water partition coefficient (Wildman–Crippen LogP) is 2.54. The van der Waals surface area contributed by atoms with Gasteiger partial charge in [-0.05, 0) is 12.1 Å². The second kappa shape index (κ2) is 7.17. The third-order valence-electron chi connectivity index (χ3n) is 4.46. The molecule has 0 saturated heterocycles. The molecule has 1 aromatic heterocycles. The third-order valence-corrected chi connectivity index (χ3v) is 5.47. The van der Waals surface area contributed by atoms with Gasteiger partial charge in [0.15, 0.2) is 5.13 Å². The van der Waals surface area contributed by atoms with Crippen molar-refractivity contribution in [1.29, 1.82) is 0 Å². The highest BCUT2D eigenvalue weighted by Crippen LogP contribution is 2.24. The van der Waals surface area contributed by atoms with Gasteiger partial charge in [-0.15, -0.1) is 0 Å². The lowest BCUT2D eigenvalue weighted by atomic mass is 10.1. The topological polar surface area (TPSA) is 46.4 Å². The normalized spacial score (nSPS) is 16.2. The quantitative estimate of drug-likeness (QED) is 0.760. The van der Waals surface area contributed by atoms with Crippen molar-refractivity contribution in [3.63, 3.8) is 0 Å². The van der Waals surface area contributed by atoms with Crippen LogP contribution < -0.4 is 10.2 Å². The van der Waals surface area contributed by atoms with Crippen LogP contribution in [0.15, 0.2) is 60.7 Å². The van der Waals surface area contributed by atoms with Crippen LogP contribution in [0.3, 0.4) is 0 Å². The number of rotatable bonds is 4. The summed E-state index contributed by atoms with van der Waals surface area (Å²) in [5.41, 5.74) is 3.17. The maximum atomic E-state index is 12.3. The van der Waals surface area contributed by atoms with Crippen molar-refractivity contribution in [1.82, 2.24) is 4.98 Å². The van der Waals surface area contributed by atoms with Crippen LogP contribution in [0.5, 0.6) is 0 Å². The molecule has 5 heteroatoms. The van der Waals surface area contributed by atoms with Gasteiger partial charge >= 0.3 is 0 Å². The van der Waals surface area contributed by atoms with Crippen molar-refractivity contribution in [2.24, 2.45) is 0 Å². The molecule has 1 amide bonds. The lowest BCUT2D eigenvalue weighted by molar-refractivity contribution is -0.929. The molecule has 1 unspecified atom stereocenters. The van der Waals surface area contributed by atoms with E-state index in [4.69, 9.17) is 0 Å². The molecule has 1 atom stereocenters. The van der Waals surface area contributed by atoms with Crippen LogP contribution in [0.1, 0.15) is 26.5 Å². The first-order chi connectivity index (χ1) is 12.3. The number of anilines is 1. The van der Waals surface area contributed by atoms with Gasteiger partial charge in [-0.2, -0.15) is 0 Å². The molecule has 0 fully saturated rings. The van der Waals surface area contributed by atoms with E-state index in [1.54, 1.807) is 16.2 Å². The van der Waals surface area contributed by atoms with E-state index in [-0.39, 0.29) is 5.91 Å². The van der Waals surface area contributed by atoms with E-state index in [1.165, 1.54) is 10.4 Å². The standard InChI is InChI=1S/C20H19N3OS/c24-19(16-9-5-2-6-10-16)22-20-21-17-11-12-23(14-18(17)25-20)13-15-7-3-1-4-8-15/h1-10H,11-14H2,(H,21,22,24)/p+1. The van der Waals surface area contributed by atoms with Crippen molar-refractivity contribution >= 4 is 22.4 Å². The Labute approximate surface area is 151 Å². The summed E-state index contributed by atoms with van der Waals surface area (Å²) in [5.74, 6) is -0.0971. The fourth-order valence-electron chi connectivity index (χ4n) is 3.18. The number of hydrogen-bond acceptors (Lipinski definition) is 3. The van der Waals surface area contributed by atoms with Crippen LogP contribution in [-0.4, -0.2) is 17.4 Å². The van der Waals surface area contributed by atoms with Crippen molar-refractivity contribution < 1.29 is 9.69 Å². The number of quaternary nitrogens is 1. The lowest BCUT2D eigenvalue weighted by Crippen LogP contribution is -3.10.